The number of nitrogens with one attached hydrogen (secondary N) is 2. The van der Waals surface area contributed by atoms with Gasteiger partial charge in [0.15, 0.2) is 0 Å². The van der Waals surface area contributed by atoms with Crippen molar-refractivity contribution in [2.75, 3.05) is 10.6 Å². The molecule has 0 saturated heterocycles. The van der Waals surface area contributed by atoms with E-state index >= 15 is 0 Å². The summed E-state index contributed by atoms with van der Waals surface area (Å²) in [6.07, 6.45) is 0. The van der Waals surface area contributed by atoms with Gasteiger partial charge in [0, 0.05) is 30.4 Å². The van der Waals surface area contributed by atoms with Gasteiger partial charge < -0.3 is 15.5 Å². The molecule has 0 fully saturated rings. The quantitative estimate of drug-likeness (QED) is 0.681. The fourth-order valence-electron chi connectivity index (χ4n) is 3.68. The van der Waals surface area contributed by atoms with Crippen LogP contribution in [0.2, 0.25) is 0 Å². The molecule has 3 aromatic rings. The third-order valence-corrected chi connectivity index (χ3v) is 4.98. The van der Waals surface area contributed by atoms with E-state index in [2.05, 4.69) is 10.6 Å². The monoisotopic (exact) mass is 399 g/mol. The van der Waals surface area contributed by atoms with Crippen LogP contribution in [-0.2, 0) is 16.1 Å². The van der Waals surface area contributed by atoms with Gasteiger partial charge in [-0.1, -0.05) is 54.6 Å². The normalized spacial score (nSPS) is 13.5. The Morgan fingerprint density at radius 2 is 1.53 bits per heavy atom. The Balaban J connectivity index is 1.64. The van der Waals surface area contributed by atoms with Gasteiger partial charge in [-0.15, -0.1) is 0 Å². The minimum absolute atomic E-state index is 0.165. The lowest BCUT2D eigenvalue weighted by molar-refractivity contribution is -0.120. The molecule has 1 heterocycles. The van der Waals surface area contributed by atoms with Gasteiger partial charge in [-0.3, -0.25) is 14.4 Å². The Kier molecular flexibility index (Phi) is 5.30. The lowest BCUT2D eigenvalue weighted by Crippen LogP contribution is -2.37. The maximum absolute atomic E-state index is 13.3. The predicted molar refractivity (Wildman–Crippen MR) is 115 cm³/mol. The van der Waals surface area contributed by atoms with E-state index in [9.17, 15) is 14.4 Å². The van der Waals surface area contributed by atoms with E-state index in [1.54, 1.807) is 35.2 Å². The van der Waals surface area contributed by atoms with Crippen molar-refractivity contribution in [3.8, 4) is 0 Å². The van der Waals surface area contributed by atoms with Crippen LogP contribution in [0.25, 0.3) is 0 Å². The van der Waals surface area contributed by atoms with E-state index in [4.69, 9.17) is 0 Å². The largest absolute Gasteiger partial charge is 0.326 e. The van der Waals surface area contributed by atoms with Gasteiger partial charge >= 0.3 is 0 Å². The molecule has 30 heavy (non-hydrogen) atoms. The standard InChI is InChI=1S/C24H21N3O3/c1-16(28)25-19-11-7-12-20(14-19)26-23(29)22(17-8-3-2-4-9-17)27-15-18-10-5-6-13-21(18)24(27)30/h2-14,22H,15H2,1H3,(H,25,28)(H,26,29)/t22-/m1/s1. The summed E-state index contributed by atoms with van der Waals surface area (Å²) in [5, 5.41) is 5.59. The van der Waals surface area contributed by atoms with E-state index in [1.165, 1.54) is 6.92 Å². The number of hydrogen-bond donors (Lipinski definition) is 2. The maximum atomic E-state index is 13.3. The lowest BCUT2D eigenvalue weighted by Gasteiger charge is -2.27. The molecular formula is C24H21N3O3. The van der Waals surface area contributed by atoms with Crippen LogP contribution >= 0.6 is 0 Å². The highest BCUT2D eigenvalue weighted by Crippen LogP contribution is 2.32. The number of benzene rings is 3. The summed E-state index contributed by atoms with van der Waals surface area (Å²) < 4.78 is 0. The smallest absolute Gasteiger partial charge is 0.255 e. The second kappa shape index (κ2) is 8.21. The number of carbonyl (C=O) groups excluding carboxylic acids is 3. The number of amides is 3. The fourth-order valence-corrected chi connectivity index (χ4v) is 3.68. The number of hydrogen-bond acceptors (Lipinski definition) is 3. The van der Waals surface area contributed by atoms with Crippen molar-refractivity contribution in [3.05, 3.63) is 95.6 Å². The second-order valence-corrected chi connectivity index (χ2v) is 7.15. The highest BCUT2D eigenvalue weighted by molar-refractivity contribution is 6.04. The Morgan fingerprint density at radius 3 is 2.23 bits per heavy atom. The van der Waals surface area contributed by atoms with E-state index < -0.39 is 6.04 Å². The minimum Gasteiger partial charge on any atom is -0.326 e. The Hall–Kier alpha value is -3.93. The highest BCUT2D eigenvalue weighted by Gasteiger charge is 2.37. The van der Waals surface area contributed by atoms with Crippen molar-refractivity contribution in [3.63, 3.8) is 0 Å². The van der Waals surface area contributed by atoms with Crippen molar-refractivity contribution in [1.82, 2.24) is 4.90 Å². The van der Waals surface area contributed by atoms with E-state index in [-0.39, 0.29) is 17.7 Å². The van der Waals surface area contributed by atoms with E-state index in [1.807, 2.05) is 48.5 Å². The van der Waals surface area contributed by atoms with E-state index in [0.29, 0.717) is 23.5 Å². The molecule has 0 spiro atoms. The van der Waals surface area contributed by atoms with Crippen molar-refractivity contribution in [2.24, 2.45) is 0 Å². The summed E-state index contributed by atoms with van der Waals surface area (Å²) in [4.78, 5) is 39.3. The summed E-state index contributed by atoms with van der Waals surface area (Å²) in [6.45, 7) is 1.79. The highest BCUT2D eigenvalue weighted by atomic mass is 16.2. The van der Waals surface area contributed by atoms with Gasteiger partial charge in [-0.05, 0) is 35.4 Å². The molecule has 0 aliphatic carbocycles. The average Bonchev–Trinajstić information content (AvgIpc) is 3.05. The zero-order chi connectivity index (χ0) is 21.1. The molecule has 0 radical (unpaired) electrons. The molecule has 0 bridgehead atoms. The summed E-state index contributed by atoms with van der Waals surface area (Å²) in [5.74, 6) is -0.676. The third kappa shape index (κ3) is 3.93. The molecule has 1 aliphatic rings. The minimum atomic E-state index is -0.782. The molecule has 150 valence electrons. The van der Waals surface area contributed by atoms with Gasteiger partial charge in [0.05, 0.1) is 0 Å². The lowest BCUT2D eigenvalue weighted by atomic mass is 10.0. The molecule has 6 heteroatoms. The second-order valence-electron chi connectivity index (χ2n) is 7.15. The van der Waals surface area contributed by atoms with Crippen molar-refractivity contribution >= 4 is 29.1 Å². The molecule has 4 rings (SSSR count). The molecule has 2 N–H and O–H groups in total. The number of rotatable bonds is 5. The Labute approximate surface area is 174 Å². The number of nitrogens with zero attached hydrogens (tertiary/aromatic N) is 1. The van der Waals surface area contributed by atoms with Gasteiger partial charge in [0.25, 0.3) is 11.8 Å². The van der Waals surface area contributed by atoms with Crippen LogP contribution in [0, 0.1) is 0 Å². The topological polar surface area (TPSA) is 78.5 Å². The predicted octanol–water partition coefficient (Wildman–Crippen LogP) is 3.98. The fraction of sp³-hybridized carbons (Fsp3) is 0.125. The van der Waals surface area contributed by atoms with Crippen molar-refractivity contribution in [1.29, 1.82) is 0 Å². The van der Waals surface area contributed by atoms with Crippen LogP contribution in [0.3, 0.4) is 0 Å². The first-order valence-electron chi connectivity index (χ1n) is 9.65. The van der Waals surface area contributed by atoms with Crippen LogP contribution in [0.4, 0.5) is 11.4 Å². The summed E-state index contributed by atoms with van der Waals surface area (Å²) in [5.41, 5.74) is 3.38. The first kappa shape index (κ1) is 19.4. The number of carbonyl (C=O) groups is 3. The molecule has 6 nitrogen and oxygen atoms in total. The van der Waals surface area contributed by atoms with Crippen molar-refractivity contribution in [2.45, 2.75) is 19.5 Å². The van der Waals surface area contributed by atoms with Gasteiger partial charge in [0.1, 0.15) is 6.04 Å². The van der Waals surface area contributed by atoms with Crippen LogP contribution in [0.1, 0.15) is 34.5 Å². The number of anilines is 2. The Morgan fingerprint density at radius 1 is 0.867 bits per heavy atom. The molecule has 0 aromatic heterocycles. The first-order chi connectivity index (χ1) is 14.5. The zero-order valence-electron chi connectivity index (χ0n) is 16.5. The van der Waals surface area contributed by atoms with Gasteiger partial charge in [0.2, 0.25) is 5.91 Å². The van der Waals surface area contributed by atoms with Gasteiger partial charge in [-0.25, -0.2) is 0 Å². The van der Waals surface area contributed by atoms with Crippen LogP contribution in [0.5, 0.6) is 0 Å². The summed E-state index contributed by atoms with van der Waals surface area (Å²) in [7, 11) is 0. The molecular weight excluding hydrogens is 378 g/mol. The molecule has 1 aliphatic heterocycles. The molecule has 0 saturated carbocycles. The summed E-state index contributed by atoms with van der Waals surface area (Å²) >= 11 is 0. The SMILES string of the molecule is CC(=O)Nc1cccc(NC(=O)[C@@H](c2ccccc2)N2Cc3ccccc3C2=O)c1. The first-order valence-corrected chi connectivity index (χ1v) is 9.65. The summed E-state index contributed by atoms with van der Waals surface area (Å²) in [6, 6.07) is 22.8. The van der Waals surface area contributed by atoms with Crippen LogP contribution < -0.4 is 10.6 Å². The van der Waals surface area contributed by atoms with Crippen molar-refractivity contribution < 1.29 is 14.4 Å². The average molecular weight is 399 g/mol. The maximum Gasteiger partial charge on any atom is 0.255 e. The number of fused-ring (bicyclic) bond motifs is 1. The molecule has 3 amide bonds. The molecule has 0 unspecified atom stereocenters. The van der Waals surface area contributed by atoms with Crippen LogP contribution in [0.15, 0.2) is 78.9 Å². The van der Waals surface area contributed by atoms with Crippen LogP contribution in [-0.4, -0.2) is 22.6 Å². The third-order valence-electron chi connectivity index (χ3n) is 4.98. The van der Waals surface area contributed by atoms with E-state index in [0.717, 1.165) is 11.1 Å². The Bertz CT molecular complexity index is 1110. The molecule has 1 atom stereocenters. The molecule has 3 aromatic carbocycles. The van der Waals surface area contributed by atoms with Gasteiger partial charge in [-0.2, -0.15) is 0 Å². The zero-order valence-corrected chi connectivity index (χ0v) is 16.5.